The molecule has 0 amide bonds. The molecule has 1 aromatic rings. The highest BCUT2D eigenvalue weighted by molar-refractivity contribution is 5.17. The minimum Gasteiger partial charge on any atom is -0.481 e. The van der Waals surface area contributed by atoms with Crippen molar-refractivity contribution in [3.63, 3.8) is 0 Å². The van der Waals surface area contributed by atoms with Gasteiger partial charge in [0.2, 0.25) is 5.88 Å². The number of methoxy groups -OCH3 is 1. The van der Waals surface area contributed by atoms with Crippen molar-refractivity contribution in [2.75, 3.05) is 13.7 Å². The Morgan fingerprint density at radius 3 is 2.87 bits per heavy atom. The number of hydrogen-bond acceptors (Lipinski definition) is 4. The average Bonchev–Trinajstić information content (AvgIpc) is 2.29. The Labute approximate surface area is 90.3 Å². The largest absolute Gasteiger partial charge is 0.481 e. The van der Waals surface area contributed by atoms with Crippen molar-refractivity contribution in [1.82, 2.24) is 10.3 Å². The highest BCUT2D eigenvalue weighted by Crippen LogP contribution is 2.06. The Morgan fingerprint density at radius 1 is 1.53 bits per heavy atom. The van der Waals surface area contributed by atoms with Crippen molar-refractivity contribution < 1.29 is 9.84 Å². The lowest BCUT2D eigenvalue weighted by Crippen LogP contribution is -2.25. The molecule has 0 spiro atoms. The monoisotopic (exact) mass is 210 g/mol. The van der Waals surface area contributed by atoms with Gasteiger partial charge in [-0.2, -0.15) is 0 Å². The number of aromatic nitrogens is 1. The van der Waals surface area contributed by atoms with E-state index in [1.807, 2.05) is 19.1 Å². The molecule has 0 bridgehead atoms. The van der Waals surface area contributed by atoms with Crippen LogP contribution in [0.2, 0.25) is 0 Å². The molecular weight excluding hydrogens is 192 g/mol. The van der Waals surface area contributed by atoms with Crippen LogP contribution in [-0.2, 0) is 6.54 Å². The van der Waals surface area contributed by atoms with Crippen LogP contribution in [0.4, 0.5) is 0 Å². The van der Waals surface area contributed by atoms with Crippen LogP contribution in [0.5, 0.6) is 5.88 Å². The summed E-state index contributed by atoms with van der Waals surface area (Å²) in [5, 5.41) is 12.5. The van der Waals surface area contributed by atoms with Gasteiger partial charge in [0.15, 0.2) is 0 Å². The molecule has 0 radical (unpaired) electrons. The zero-order valence-electron chi connectivity index (χ0n) is 9.23. The first kappa shape index (κ1) is 11.9. The second kappa shape index (κ2) is 6.37. The van der Waals surface area contributed by atoms with Crippen LogP contribution < -0.4 is 10.1 Å². The van der Waals surface area contributed by atoms with Gasteiger partial charge in [0.05, 0.1) is 13.2 Å². The number of aliphatic hydroxyl groups excluding tert-OH is 1. The van der Waals surface area contributed by atoms with Crippen LogP contribution >= 0.6 is 0 Å². The van der Waals surface area contributed by atoms with Gasteiger partial charge in [-0.1, -0.05) is 13.0 Å². The Kier molecular flexibility index (Phi) is 5.07. The molecule has 1 unspecified atom stereocenters. The van der Waals surface area contributed by atoms with Crippen molar-refractivity contribution in [1.29, 1.82) is 0 Å². The second-order valence-electron chi connectivity index (χ2n) is 3.40. The van der Waals surface area contributed by atoms with Gasteiger partial charge in [-0.15, -0.1) is 0 Å². The molecule has 0 aromatic carbocycles. The van der Waals surface area contributed by atoms with Crippen LogP contribution in [0.3, 0.4) is 0 Å². The first-order chi connectivity index (χ1) is 7.26. The quantitative estimate of drug-likeness (QED) is 0.734. The van der Waals surface area contributed by atoms with E-state index < -0.39 is 0 Å². The molecular formula is C11H18N2O2. The van der Waals surface area contributed by atoms with Gasteiger partial charge in [-0.3, -0.25) is 0 Å². The van der Waals surface area contributed by atoms with Crippen molar-refractivity contribution >= 4 is 0 Å². The molecule has 2 N–H and O–H groups in total. The Morgan fingerprint density at radius 2 is 2.33 bits per heavy atom. The normalized spacial score (nSPS) is 12.5. The molecule has 84 valence electrons. The van der Waals surface area contributed by atoms with E-state index in [1.165, 1.54) is 0 Å². The highest BCUT2D eigenvalue weighted by Gasteiger charge is 2.00. The highest BCUT2D eigenvalue weighted by atomic mass is 16.5. The van der Waals surface area contributed by atoms with Crippen molar-refractivity contribution in [3.05, 3.63) is 23.9 Å². The maximum Gasteiger partial charge on any atom is 0.212 e. The maximum atomic E-state index is 9.32. The first-order valence-electron chi connectivity index (χ1n) is 5.14. The van der Waals surface area contributed by atoms with Gasteiger partial charge in [-0.05, 0) is 12.0 Å². The number of rotatable bonds is 6. The minimum absolute atomic E-state index is 0.267. The van der Waals surface area contributed by atoms with Gasteiger partial charge >= 0.3 is 0 Å². The van der Waals surface area contributed by atoms with E-state index >= 15 is 0 Å². The van der Waals surface area contributed by atoms with Gasteiger partial charge in [-0.25, -0.2) is 4.98 Å². The van der Waals surface area contributed by atoms with Gasteiger partial charge in [0.1, 0.15) is 0 Å². The Balaban J connectivity index is 2.31. The second-order valence-corrected chi connectivity index (χ2v) is 3.40. The van der Waals surface area contributed by atoms with Crippen LogP contribution in [0.25, 0.3) is 0 Å². The van der Waals surface area contributed by atoms with E-state index in [1.54, 1.807) is 13.3 Å². The fraction of sp³-hybridized carbons (Fsp3) is 0.545. The van der Waals surface area contributed by atoms with Gasteiger partial charge < -0.3 is 15.2 Å². The third kappa shape index (κ3) is 4.27. The molecule has 0 saturated carbocycles. The van der Waals surface area contributed by atoms with Crippen molar-refractivity contribution in [2.24, 2.45) is 0 Å². The summed E-state index contributed by atoms with van der Waals surface area (Å²) >= 11 is 0. The minimum atomic E-state index is -0.267. The zero-order chi connectivity index (χ0) is 11.1. The molecule has 0 aliphatic carbocycles. The summed E-state index contributed by atoms with van der Waals surface area (Å²) < 4.78 is 4.96. The number of nitrogens with zero attached hydrogens (tertiary/aromatic N) is 1. The average molecular weight is 210 g/mol. The van der Waals surface area contributed by atoms with Gasteiger partial charge in [0.25, 0.3) is 0 Å². The van der Waals surface area contributed by atoms with Crippen LogP contribution in [0.1, 0.15) is 18.9 Å². The standard InChI is InChI=1S/C11H18N2O2/c1-3-10(14)8-12-6-9-4-5-11(15-2)13-7-9/h4-5,7,10,12,14H,3,6,8H2,1-2H3. The Hall–Kier alpha value is -1.13. The van der Waals surface area contributed by atoms with E-state index in [9.17, 15) is 5.11 Å². The third-order valence-corrected chi connectivity index (χ3v) is 2.19. The van der Waals surface area contributed by atoms with E-state index in [0.29, 0.717) is 19.0 Å². The first-order valence-corrected chi connectivity index (χ1v) is 5.14. The molecule has 15 heavy (non-hydrogen) atoms. The van der Waals surface area contributed by atoms with E-state index in [2.05, 4.69) is 10.3 Å². The molecule has 0 aliphatic heterocycles. The van der Waals surface area contributed by atoms with Crippen LogP contribution in [0, 0.1) is 0 Å². The summed E-state index contributed by atoms with van der Waals surface area (Å²) in [5.41, 5.74) is 1.08. The SMILES string of the molecule is CCC(O)CNCc1ccc(OC)nc1. The summed E-state index contributed by atoms with van der Waals surface area (Å²) in [4.78, 5) is 4.09. The smallest absolute Gasteiger partial charge is 0.212 e. The number of ether oxygens (including phenoxy) is 1. The predicted octanol–water partition coefficient (Wildman–Crippen LogP) is 0.951. The fourth-order valence-corrected chi connectivity index (χ4v) is 1.16. The van der Waals surface area contributed by atoms with Crippen molar-refractivity contribution in [2.45, 2.75) is 26.0 Å². The summed E-state index contributed by atoms with van der Waals surface area (Å²) in [6.07, 6.45) is 2.27. The molecule has 1 aromatic heterocycles. The summed E-state index contributed by atoms with van der Waals surface area (Å²) in [5.74, 6) is 0.618. The molecule has 1 atom stereocenters. The van der Waals surface area contributed by atoms with Crippen molar-refractivity contribution in [3.8, 4) is 5.88 Å². The zero-order valence-corrected chi connectivity index (χ0v) is 9.23. The topological polar surface area (TPSA) is 54.4 Å². The summed E-state index contributed by atoms with van der Waals surface area (Å²) in [7, 11) is 1.60. The van der Waals surface area contributed by atoms with E-state index in [-0.39, 0.29) is 6.10 Å². The number of aliphatic hydroxyl groups is 1. The van der Waals surface area contributed by atoms with Gasteiger partial charge in [0, 0.05) is 25.4 Å². The summed E-state index contributed by atoms with van der Waals surface area (Å²) in [6.45, 7) is 3.29. The number of pyridine rings is 1. The third-order valence-electron chi connectivity index (χ3n) is 2.19. The molecule has 0 saturated heterocycles. The molecule has 0 aliphatic rings. The lowest BCUT2D eigenvalue weighted by Gasteiger charge is -2.09. The molecule has 1 heterocycles. The van der Waals surface area contributed by atoms with Crippen LogP contribution in [-0.4, -0.2) is 29.8 Å². The Bertz CT molecular complexity index is 274. The predicted molar refractivity (Wildman–Crippen MR) is 58.8 cm³/mol. The number of nitrogens with one attached hydrogen (secondary N) is 1. The molecule has 4 heteroatoms. The molecule has 0 fully saturated rings. The summed E-state index contributed by atoms with van der Waals surface area (Å²) in [6, 6.07) is 3.78. The number of hydrogen-bond donors (Lipinski definition) is 2. The maximum absolute atomic E-state index is 9.32. The lowest BCUT2D eigenvalue weighted by molar-refractivity contribution is 0.167. The lowest BCUT2D eigenvalue weighted by atomic mass is 10.2. The fourth-order valence-electron chi connectivity index (χ4n) is 1.16. The molecule has 1 rings (SSSR count). The van der Waals surface area contributed by atoms with Crippen LogP contribution in [0.15, 0.2) is 18.3 Å². The molecule has 4 nitrogen and oxygen atoms in total. The van der Waals surface area contributed by atoms with E-state index in [4.69, 9.17) is 4.74 Å². The van der Waals surface area contributed by atoms with E-state index in [0.717, 1.165) is 12.0 Å².